The van der Waals surface area contributed by atoms with Gasteiger partial charge in [0, 0.05) is 18.0 Å². The lowest BCUT2D eigenvalue weighted by atomic mass is 10.1. The normalized spacial score (nSPS) is 10.8. The van der Waals surface area contributed by atoms with E-state index in [1.807, 2.05) is 18.5 Å². The average molecular weight is 421 g/mol. The summed E-state index contributed by atoms with van der Waals surface area (Å²) in [6, 6.07) is 11.6. The van der Waals surface area contributed by atoms with Gasteiger partial charge in [-0.3, -0.25) is 0 Å². The van der Waals surface area contributed by atoms with Gasteiger partial charge in [0.15, 0.2) is 17.4 Å². The Morgan fingerprint density at radius 1 is 0.871 bits per heavy atom. The van der Waals surface area contributed by atoms with Crippen molar-refractivity contribution in [1.29, 1.82) is 0 Å². The van der Waals surface area contributed by atoms with E-state index in [1.54, 1.807) is 24.3 Å². The zero-order chi connectivity index (χ0) is 22.1. The number of benzene rings is 2. The SMILES string of the molecule is CCCCCc1ccc(OC(=O)c2ccc(-c3ncc(CCCC)cn3)cc2)c(F)c1. The van der Waals surface area contributed by atoms with Crippen LogP contribution in [0.2, 0.25) is 0 Å². The summed E-state index contributed by atoms with van der Waals surface area (Å²) in [4.78, 5) is 21.3. The van der Waals surface area contributed by atoms with Crippen LogP contribution in [0, 0.1) is 5.82 Å². The van der Waals surface area contributed by atoms with Crippen molar-refractivity contribution in [2.24, 2.45) is 0 Å². The Labute approximate surface area is 183 Å². The van der Waals surface area contributed by atoms with E-state index < -0.39 is 11.8 Å². The van der Waals surface area contributed by atoms with Crippen molar-refractivity contribution in [1.82, 2.24) is 9.97 Å². The molecular weight excluding hydrogens is 391 g/mol. The number of rotatable bonds is 10. The van der Waals surface area contributed by atoms with Gasteiger partial charge in [0.2, 0.25) is 0 Å². The lowest BCUT2D eigenvalue weighted by molar-refractivity contribution is 0.0728. The molecular formula is C26H29FN2O2. The van der Waals surface area contributed by atoms with E-state index in [9.17, 15) is 9.18 Å². The van der Waals surface area contributed by atoms with Crippen LogP contribution in [0.25, 0.3) is 11.4 Å². The molecule has 0 aliphatic heterocycles. The standard InChI is InChI=1S/C26H29FN2O2/c1-3-5-7-9-19-10-15-24(23(27)16-19)31-26(30)22-13-11-21(12-14-22)25-28-17-20(18-29-25)8-6-4-2/h10-18H,3-9H2,1-2H3. The number of nitrogens with zero attached hydrogens (tertiary/aromatic N) is 2. The first-order valence-electron chi connectivity index (χ1n) is 11.0. The molecule has 162 valence electrons. The summed E-state index contributed by atoms with van der Waals surface area (Å²) in [5.74, 6) is -0.570. The van der Waals surface area contributed by atoms with Crippen LogP contribution in [0.3, 0.4) is 0 Å². The van der Waals surface area contributed by atoms with Crippen molar-refractivity contribution < 1.29 is 13.9 Å². The summed E-state index contributed by atoms with van der Waals surface area (Å²) >= 11 is 0. The third kappa shape index (κ3) is 6.45. The number of hydrogen-bond donors (Lipinski definition) is 0. The molecule has 0 N–H and O–H groups in total. The van der Waals surface area contributed by atoms with E-state index in [1.165, 1.54) is 12.1 Å². The van der Waals surface area contributed by atoms with Crippen LogP contribution < -0.4 is 4.74 Å². The highest BCUT2D eigenvalue weighted by Gasteiger charge is 2.13. The van der Waals surface area contributed by atoms with Crippen molar-refractivity contribution in [2.75, 3.05) is 0 Å². The molecule has 0 amide bonds. The molecule has 4 nitrogen and oxygen atoms in total. The van der Waals surface area contributed by atoms with Crippen LogP contribution in [0.5, 0.6) is 5.75 Å². The molecule has 3 rings (SSSR count). The highest BCUT2D eigenvalue weighted by molar-refractivity contribution is 5.91. The van der Waals surface area contributed by atoms with Gasteiger partial charge in [0.05, 0.1) is 5.56 Å². The van der Waals surface area contributed by atoms with Crippen molar-refractivity contribution in [2.45, 2.75) is 58.8 Å². The van der Waals surface area contributed by atoms with E-state index in [-0.39, 0.29) is 5.75 Å². The second-order valence-electron chi connectivity index (χ2n) is 7.71. The lowest BCUT2D eigenvalue weighted by Gasteiger charge is -2.08. The van der Waals surface area contributed by atoms with E-state index in [0.717, 1.165) is 61.6 Å². The molecule has 0 fully saturated rings. The van der Waals surface area contributed by atoms with Gasteiger partial charge in [-0.05, 0) is 61.1 Å². The molecule has 3 aromatic rings. The number of esters is 1. The largest absolute Gasteiger partial charge is 0.420 e. The van der Waals surface area contributed by atoms with Gasteiger partial charge in [-0.2, -0.15) is 0 Å². The number of halogens is 1. The van der Waals surface area contributed by atoms with Gasteiger partial charge in [0.1, 0.15) is 0 Å². The number of ether oxygens (including phenoxy) is 1. The molecule has 31 heavy (non-hydrogen) atoms. The predicted octanol–water partition coefficient (Wildman–Crippen LogP) is 6.58. The first-order valence-corrected chi connectivity index (χ1v) is 11.0. The summed E-state index contributed by atoms with van der Waals surface area (Å²) in [6.45, 7) is 4.28. The Morgan fingerprint density at radius 3 is 2.19 bits per heavy atom. The topological polar surface area (TPSA) is 52.1 Å². The summed E-state index contributed by atoms with van der Waals surface area (Å²) in [7, 11) is 0. The third-order valence-electron chi connectivity index (χ3n) is 5.17. The Morgan fingerprint density at radius 2 is 1.55 bits per heavy atom. The molecule has 0 atom stereocenters. The van der Waals surface area contributed by atoms with E-state index in [4.69, 9.17) is 4.74 Å². The molecule has 0 radical (unpaired) electrons. The number of hydrogen-bond acceptors (Lipinski definition) is 4. The fourth-order valence-corrected chi connectivity index (χ4v) is 3.29. The van der Waals surface area contributed by atoms with Gasteiger partial charge in [-0.1, -0.05) is 51.3 Å². The average Bonchev–Trinajstić information content (AvgIpc) is 2.80. The summed E-state index contributed by atoms with van der Waals surface area (Å²) in [5.41, 5.74) is 3.18. The van der Waals surface area contributed by atoms with Crippen LogP contribution >= 0.6 is 0 Å². The van der Waals surface area contributed by atoms with Crippen LogP contribution in [-0.2, 0) is 12.8 Å². The highest BCUT2D eigenvalue weighted by atomic mass is 19.1. The zero-order valence-corrected chi connectivity index (χ0v) is 18.2. The number of aromatic nitrogens is 2. The van der Waals surface area contributed by atoms with Gasteiger partial charge in [0.25, 0.3) is 0 Å². The molecule has 0 aliphatic carbocycles. The molecule has 0 spiro atoms. The van der Waals surface area contributed by atoms with Crippen LogP contribution in [0.1, 0.15) is 67.4 Å². The van der Waals surface area contributed by atoms with Crippen molar-refractivity contribution in [3.05, 3.63) is 77.4 Å². The molecule has 0 saturated carbocycles. The van der Waals surface area contributed by atoms with Crippen LogP contribution in [0.15, 0.2) is 54.9 Å². The second-order valence-corrected chi connectivity index (χ2v) is 7.71. The summed E-state index contributed by atoms with van der Waals surface area (Å²) in [5, 5.41) is 0. The smallest absolute Gasteiger partial charge is 0.343 e. The fraction of sp³-hybridized carbons (Fsp3) is 0.346. The third-order valence-corrected chi connectivity index (χ3v) is 5.17. The number of unbranched alkanes of at least 4 members (excludes halogenated alkanes) is 3. The molecule has 0 bridgehead atoms. The molecule has 5 heteroatoms. The molecule has 0 saturated heterocycles. The maximum absolute atomic E-state index is 14.3. The quantitative estimate of drug-likeness (QED) is 0.211. The minimum Gasteiger partial charge on any atom is -0.420 e. The van der Waals surface area contributed by atoms with Crippen molar-refractivity contribution in [3.8, 4) is 17.1 Å². The molecule has 1 heterocycles. The number of aryl methyl sites for hydroxylation is 2. The first kappa shape index (κ1) is 22.6. The Bertz CT molecular complexity index is 985. The molecule has 0 unspecified atom stereocenters. The van der Waals surface area contributed by atoms with Gasteiger partial charge in [-0.25, -0.2) is 19.2 Å². The Kier molecular flexibility index (Phi) is 8.27. The lowest BCUT2D eigenvalue weighted by Crippen LogP contribution is -2.09. The monoisotopic (exact) mass is 420 g/mol. The summed E-state index contributed by atoms with van der Waals surface area (Å²) in [6.07, 6.45) is 11.0. The van der Waals surface area contributed by atoms with Crippen LogP contribution in [-0.4, -0.2) is 15.9 Å². The van der Waals surface area contributed by atoms with E-state index >= 15 is 0 Å². The molecule has 2 aromatic carbocycles. The Hall–Kier alpha value is -3.08. The zero-order valence-electron chi connectivity index (χ0n) is 18.2. The van der Waals surface area contributed by atoms with Gasteiger partial charge in [-0.15, -0.1) is 0 Å². The second kappa shape index (κ2) is 11.3. The number of carbonyl (C=O) groups is 1. The van der Waals surface area contributed by atoms with Crippen molar-refractivity contribution in [3.63, 3.8) is 0 Å². The van der Waals surface area contributed by atoms with Crippen LogP contribution in [0.4, 0.5) is 4.39 Å². The highest BCUT2D eigenvalue weighted by Crippen LogP contribution is 2.22. The molecule has 1 aromatic heterocycles. The molecule has 0 aliphatic rings. The van der Waals surface area contributed by atoms with E-state index in [0.29, 0.717) is 11.4 Å². The summed E-state index contributed by atoms with van der Waals surface area (Å²) < 4.78 is 19.6. The fourth-order valence-electron chi connectivity index (χ4n) is 3.29. The minimum absolute atomic E-state index is 0.0562. The maximum Gasteiger partial charge on any atom is 0.343 e. The Balaban J connectivity index is 1.62. The predicted molar refractivity (Wildman–Crippen MR) is 121 cm³/mol. The van der Waals surface area contributed by atoms with Crippen molar-refractivity contribution >= 4 is 5.97 Å². The number of carbonyl (C=O) groups excluding carboxylic acids is 1. The minimum atomic E-state index is -0.597. The first-order chi connectivity index (χ1) is 15.1. The maximum atomic E-state index is 14.3. The van der Waals surface area contributed by atoms with Gasteiger partial charge >= 0.3 is 5.97 Å². The van der Waals surface area contributed by atoms with Gasteiger partial charge < -0.3 is 4.74 Å². The van der Waals surface area contributed by atoms with E-state index in [2.05, 4.69) is 23.8 Å².